The zero-order valence-corrected chi connectivity index (χ0v) is 14.5. The van der Waals surface area contributed by atoms with Crippen LogP contribution in [0.5, 0.6) is 5.75 Å². The molecule has 0 radical (unpaired) electrons. The second-order valence-corrected chi connectivity index (χ2v) is 4.72. The minimum atomic E-state index is -0.769. The third-order valence-corrected chi connectivity index (χ3v) is 3.06. The lowest BCUT2D eigenvalue weighted by Gasteiger charge is -2.27. The molecule has 0 aliphatic carbocycles. The smallest absolute Gasteiger partial charge is 0.191 e. The van der Waals surface area contributed by atoms with Crippen molar-refractivity contribution in [3.05, 3.63) is 30.1 Å². The number of aliphatic imine (C=N–C) groups is 1. The van der Waals surface area contributed by atoms with Gasteiger partial charge < -0.3 is 25.2 Å². The number of guanidine groups is 1. The summed E-state index contributed by atoms with van der Waals surface area (Å²) in [5.41, 5.74) is 5.85. The van der Waals surface area contributed by atoms with Crippen LogP contribution in [-0.2, 0) is 4.74 Å². The maximum absolute atomic E-state index is 12.7. The molecule has 0 bridgehead atoms. The highest BCUT2D eigenvalue weighted by Gasteiger charge is 2.13. The Morgan fingerprint density at radius 2 is 2.00 bits per heavy atom. The van der Waals surface area contributed by atoms with Gasteiger partial charge in [0.1, 0.15) is 24.3 Å². The highest BCUT2D eigenvalue weighted by Crippen LogP contribution is 2.11. The fourth-order valence-corrected chi connectivity index (χ4v) is 1.87. The average Bonchev–Trinajstić information content (AvgIpc) is 2.53. The monoisotopic (exact) mass is 425 g/mol. The standard InChI is InChI=1S/C14H20FN3O3.HI/c15-11-1-3-13(4-2-11)21-10-12(19)9-17-14(16)18-5-7-20-8-6-18;/h1-4,12,19H,5-10H2,(H2,16,17);1H. The van der Waals surface area contributed by atoms with E-state index in [1.165, 1.54) is 24.3 Å². The van der Waals surface area contributed by atoms with Crippen LogP contribution in [0.4, 0.5) is 4.39 Å². The van der Waals surface area contributed by atoms with Crippen molar-refractivity contribution in [2.45, 2.75) is 6.10 Å². The molecule has 1 saturated heterocycles. The van der Waals surface area contributed by atoms with E-state index in [1.54, 1.807) is 0 Å². The van der Waals surface area contributed by atoms with Crippen LogP contribution in [0.2, 0.25) is 0 Å². The summed E-state index contributed by atoms with van der Waals surface area (Å²) in [6, 6.07) is 5.62. The van der Waals surface area contributed by atoms with Crippen LogP contribution in [0, 0.1) is 5.82 Å². The van der Waals surface area contributed by atoms with Gasteiger partial charge in [-0.05, 0) is 24.3 Å². The van der Waals surface area contributed by atoms with Gasteiger partial charge in [-0.1, -0.05) is 0 Å². The van der Waals surface area contributed by atoms with Gasteiger partial charge in [-0.2, -0.15) is 0 Å². The largest absolute Gasteiger partial charge is 0.491 e. The van der Waals surface area contributed by atoms with Gasteiger partial charge in [0.2, 0.25) is 0 Å². The molecule has 0 saturated carbocycles. The molecule has 1 aromatic rings. The van der Waals surface area contributed by atoms with E-state index in [9.17, 15) is 9.50 Å². The third kappa shape index (κ3) is 6.32. The van der Waals surface area contributed by atoms with Crippen molar-refractivity contribution >= 4 is 29.9 Å². The van der Waals surface area contributed by atoms with Crippen molar-refractivity contribution in [1.29, 1.82) is 0 Å². The number of nitrogens with zero attached hydrogens (tertiary/aromatic N) is 2. The Bertz CT molecular complexity index is 467. The van der Waals surface area contributed by atoms with Crippen molar-refractivity contribution in [2.24, 2.45) is 10.7 Å². The molecule has 8 heteroatoms. The number of aliphatic hydroxyl groups is 1. The van der Waals surface area contributed by atoms with E-state index in [-0.39, 0.29) is 42.9 Å². The SMILES string of the molecule is I.NC(=NCC(O)COc1ccc(F)cc1)N1CCOCC1. The highest BCUT2D eigenvalue weighted by molar-refractivity contribution is 14.0. The summed E-state index contributed by atoms with van der Waals surface area (Å²) in [6.45, 7) is 2.91. The lowest BCUT2D eigenvalue weighted by atomic mass is 10.3. The van der Waals surface area contributed by atoms with Crippen molar-refractivity contribution in [1.82, 2.24) is 4.90 Å². The normalized spacial score (nSPS) is 16.8. The van der Waals surface area contributed by atoms with Gasteiger partial charge in [-0.25, -0.2) is 4.39 Å². The van der Waals surface area contributed by atoms with Gasteiger partial charge in [0.05, 0.1) is 19.8 Å². The fraction of sp³-hybridized carbons (Fsp3) is 0.500. The van der Waals surface area contributed by atoms with Crippen LogP contribution in [0.15, 0.2) is 29.3 Å². The minimum absolute atomic E-state index is 0. The van der Waals surface area contributed by atoms with Crippen molar-refractivity contribution in [3.63, 3.8) is 0 Å². The molecule has 0 spiro atoms. The molecule has 3 N–H and O–H groups in total. The zero-order chi connectivity index (χ0) is 15.1. The number of ether oxygens (including phenoxy) is 2. The lowest BCUT2D eigenvalue weighted by Crippen LogP contribution is -2.45. The first-order valence-electron chi connectivity index (χ1n) is 6.84. The average molecular weight is 425 g/mol. The van der Waals surface area contributed by atoms with Crippen LogP contribution >= 0.6 is 24.0 Å². The Kier molecular flexibility index (Phi) is 8.43. The van der Waals surface area contributed by atoms with E-state index in [2.05, 4.69) is 4.99 Å². The number of morpholine rings is 1. The third-order valence-electron chi connectivity index (χ3n) is 3.06. The molecule has 1 atom stereocenters. The van der Waals surface area contributed by atoms with E-state index in [4.69, 9.17) is 15.2 Å². The van der Waals surface area contributed by atoms with Gasteiger partial charge in [0, 0.05) is 13.1 Å². The van der Waals surface area contributed by atoms with Gasteiger partial charge in [-0.3, -0.25) is 4.99 Å². The lowest BCUT2D eigenvalue weighted by molar-refractivity contribution is 0.0670. The van der Waals surface area contributed by atoms with E-state index in [0.29, 0.717) is 38.0 Å². The van der Waals surface area contributed by atoms with E-state index in [1.807, 2.05) is 4.90 Å². The first kappa shape index (κ1) is 18.9. The molecular formula is C14H21FIN3O3. The first-order chi connectivity index (χ1) is 10.1. The van der Waals surface area contributed by atoms with Crippen LogP contribution in [0.25, 0.3) is 0 Å². The zero-order valence-electron chi connectivity index (χ0n) is 12.2. The summed E-state index contributed by atoms with van der Waals surface area (Å²) in [7, 11) is 0. The maximum atomic E-state index is 12.7. The number of halogens is 2. The molecule has 6 nitrogen and oxygen atoms in total. The Balaban J connectivity index is 0.00000242. The molecular weight excluding hydrogens is 404 g/mol. The topological polar surface area (TPSA) is 80.3 Å². The van der Waals surface area contributed by atoms with Crippen molar-refractivity contribution < 1.29 is 19.0 Å². The molecule has 124 valence electrons. The Morgan fingerprint density at radius 3 is 2.64 bits per heavy atom. The van der Waals surface area contributed by atoms with Crippen molar-refractivity contribution in [3.8, 4) is 5.75 Å². The molecule has 22 heavy (non-hydrogen) atoms. The molecule has 1 fully saturated rings. The Morgan fingerprint density at radius 1 is 1.36 bits per heavy atom. The number of aliphatic hydroxyl groups excluding tert-OH is 1. The summed E-state index contributed by atoms with van der Waals surface area (Å²) < 4.78 is 23.3. The van der Waals surface area contributed by atoms with Gasteiger partial charge in [0.25, 0.3) is 0 Å². The molecule has 1 aliphatic heterocycles. The second kappa shape index (κ2) is 9.80. The van der Waals surface area contributed by atoms with Crippen LogP contribution in [-0.4, -0.2) is 61.5 Å². The molecule has 1 unspecified atom stereocenters. The fourth-order valence-electron chi connectivity index (χ4n) is 1.87. The van der Waals surface area contributed by atoms with E-state index in [0.717, 1.165) is 0 Å². The minimum Gasteiger partial charge on any atom is -0.491 e. The number of nitrogens with two attached hydrogens (primary N) is 1. The predicted molar refractivity (Wildman–Crippen MR) is 92.2 cm³/mol. The second-order valence-electron chi connectivity index (χ2n) is 4.72. The Labute approximate surface area is 146 Å². The molecule has 0 aromatic heterocycles. The number of hydrogen-bond acceptors (Lipinski definition) is 4. The van der Waals surface area contributed by atoms with E-state index >= 15 is 0 Å². The van der Waals surface area contributed by atoms with Gasteiger partial charge in [0.15, 0.2) is 5.96 Å². The van der Waals surface area contributed by atoms with Crippen LogP contribution in [0.1, 0.15) is 0 Å². The predicted octanol–water partition coefficient (Wildman–Crippen LogP) is 0.830. The number of benzene rings is 1. The summed E-state index contributed by atoms with van der Waals surface area (Å²) >= 11 is 0. The Hall–Kier alpha value is -1.13. The summed E-state index contributed by atoms with van der Waals surface area (Å²) in [4.78, 5) is 6.06. The summed E-state index contributed by atoms with van der Waals surface area (Å²) in [6.07, 6.45) is -0.769. The molecule has 1 aromatic carbocycles. The summed E-state index contributed by atoms with van der Waals surface area (Å²) in [5, 5.41) is 9.81. The summed E-state index contributed by atoms with van der Waals surface area (Å²) in [5.74, 6) is 0.575. The number of rotatable bonds is 5. The first-order valence-corrected chi connectivity index (χ1v) is 6.84. The molecule has 0 amide bonds. The van der Waals surface area contributed by atoms with Crippen LogP contribution in [0.3, 0.4) is 0 Å². The molecule has 2 rings (SSSR count). The van der Waals surface area contributed by atoms with Crippen molar-refractivity contribution in [2.75, 3.05) is 39.5 Å². The maximum Gasteiger partial charge on any atom is 0.191 e. The number of hydrogen-bond donors (Lipinski definition) is 2. The van der Waals surface area contributed by atoms with E-state index < -0.39 is 6.10 Å². The van der Waals surface area contributed by atoms with Gasteiger partial charge >= 0.3 is 0 Å². The van der Waals surface area contributed by atoms with Gasteiger partial charge in [-0.15, -0.1) is 24.0 Å². The quantitative estimate of drug-likeness (QED) is 0.415. The molecule has 1 aliphatic rings. The molecule has 1 heterocycles. The highest BCUT2D eigenvalue weighted by atomic mass is 127. The van der Waals surface area contributed by atoms with Crippen LogP contribution < -0.4 is 10.5 Å².